The molecule has 0 radical (unpaired) electrons. The highest BCUT2D eigenvalue weighted by Crippen LogP contribution is 2.56. The number of alkyl halides is 3. The number of rotatable bonds is 4. The maximum absolute atomic E-state index is 14.0. The molecule has 2 amide bonds. The van der Waals surface area contributed by atoms with Crippen LogP contribution in [-0.4, -0.2) is 36.1 Å². The number of nitrogens with zero attached hydrogens (tertiary/aromatic N) is 2. The molecule has 1 saturated carbocycles. The fourth-order valence-electron chi connectivity index (χ4n) is 5.27. The van der Waals surface area contributed by atoms with Crippen LogP contribution in [0.3, 0.4) is 0 Å². The average molecular weight is 491 g/mol. The van der Waals surface area contributed by atoms with Crippen LogP contribution in [0.5, 0.6) is 5.75 Å². The molecule has 0 aromatic heterocycles. The van der Waals surface area contributed by atoms with E-state index in [2.05, 4.69) is 0 Å². The van der Waals surface area contributed by atoms with Crippen molar-refractivity contribution >= 4 is 29.3 Å². The van der Waals surface area contributed by atoms with Gasteiger partial charge in [-0.1, -0.05) is 25.0 Å². The lowest BCUT2D eigenvalue weighted by molar-refractivity contribution is -0.143. The van der Waals surface area contributed by atoms with E-state index in [0.717, 1.165) is 37.8 Å². The number of ether oxygens (including phenoxy) is 1. The van der Waals surface area contributed by atoms with Gasteiger partial charge in [-0.05, 0) is 48.7 Å². The van der Waals surface area contributed by atoms with E-state index in [1.165, 1.54) is 23.9 Å². The maximum Gasteiger partial charge on any atom is 0.416 e. The van der Waals surface area contributed by atoms with Crippen LogP contribution in [0, 0.1) is 5.92 Å². The Morgan fingerprint density at radius 1 is 1.15 bits per heavy atom. The molecule has 180 valence electrons. The van der Waals surface area contributed by atoms with Gasteiger partial charge in [0.15, 0.2) is 4.87 Å². The SMILES string of the molecule is COc1ccc2c(c1)C1(SCCN1C(=O)C1CCCC1)C(=O)N2Cc1ccc(C(F)(F)F)cc1. The summed E-state index contributed by atoms with van der Waals surface area (Å²) in [6.07, 6.45) is -0.711. The predicted octanol–water partition coefficient (Wildman–Crippen LogP) is 5.18. The van der Waals surface area contributed by atoms with Gasteiger partial charge in [0, 0.05) is 23.8 Å². The number of fused-ring (bicyclic) bond motifs is 2. The number of amides is 2. The van der Waals surface area contributed by atoms with Crippen molar-refractivity contribution in [3.05, 3.63) is 59.2 Å². The molecule has 0 bridgehead atoms. The van der Waals surface area contributed by atoms with E-state index in [-0.39, 0.29) is 24.3 Å². The second kappa shape index (κ2) is 8.52. The fourth-order valence-corrected chi connectivity index (χ4v) is 6.73. The summed E-state index contributed by atoms with van der Waals surface area (Å²) in [5.41, 5.74) is 1.21. The summed E-state index contributed by atoms with van der Waals surface area (Å²) < 4.78 is 44.4. The lowest BCUT2D eigenvalue weighted by Gasteiger charge is -2.35. The Kier molecular flexibility index (Phi) is 5.78. The molecule has 2 aromatic rings. The summed E-state index contributed by atoms with van der Waals surface area (Å²) in [5, 5.41) is 0. The zero-order valence-electron chi connectivity index (χ0n) is 18.7. The highest BCUT2D eigenvalue weighted by atomic mass is 32.2. The van der Waals surface area contributed by atoms with E-state index in [4.69, 9.17) is 4.74 Å². The highest BCUT2D eigenvalue weighted by Gasteiger charge is 2.60. The molecule has 34 heavy (non-hydrogen) atoms. The first-order chi connectivity index (χ1) is 16.3. The topological polar surface area (TPSA) is 49.9 Å². The first-order valence-corrected chi connectivity index (χ1v) is 12.4. The van der Waals surface area contributed by atoms with E-state index in [0.29, 0.717) is 34.9 Å². The van der Waals surface area contributed by atoms with Crippen LogP contribution in [0.25, 0.3) is 0 Å². The van der Waals surface area contributed by atoms with Crippen LogP contribution in [0.1, 0.15) is 42.4 Å². The normalized spacial score (nSPS) is 22.6. The van der Waals surface area contributed by atoms with Gasteiger partial charge in [0.05, 0.1) is 24.9 Å². The van der Waals surface area contributed by atoms with Crippen molar-refractivity contribution in [3.8, 4) is 5.75 Å². The van der Waals surface area contributed by atoms with Crippen LogP contribution in [-0.2, 0) is 27.2 Å². The van der Waals surface area contributed by atoms with Crippen molar-refractivity contribution < 1.29 is 27.5 Å². The highest BCUT2D eigenvalue weighted by molar-refractivity contribution is 8.01. The van der Waals surface area contributed by atoms with Crippen molar-refractivity contribution in [1.29, 1.82) is 0 Å². The summed E-state index contributed by atoms with van der Waals surface area (Å²) in [6.45, 7) is 0.598. The molecular weight excluding hydrogens is 465 g/mol. The van der Waals surface area contributed by atoms with Gasteiger partial charge in [-0.3, -0.25) is 9.59 Å². The van der Waals surface area contributed by atoms with Crippen molar-refractivity contribution in [2.24, 2.45) is 5.92 Å². The van der Waals surface area contributed by atoms with E-state index >= 15 is 0 Å². The number of halogens is 3. The van der Waals surface area contributed by atoms with Gasteiger partial charge in [-0.15, -0.1) is 11.8 Å². The van der Waals surface area contributed by atoms with E-state index in [9.17, 15) is 22.8 Å². The Morgan fingerprint density at radius 2 is 1.85 bits per heavy atom. The number of carbonyl (C=O) groups excluding carboxylic acids is 2. The second-order valence-electron chi connectivity index (χ2n) is 8.93. The van der Waals surface area contributed by atoms with Crippen molar-refractivity contribution in [3.63, 3.8) is 0 Å². The zero-order chi connectivity index (χ0) is 24.1. The lowest BCUT2D eigenvalue weighted by Crippen LogP contribution is -2.51. The zero-order valence-corrected chi connectivity index (χ0v) is 19.5. The van der Waals surface area contributed by atoms with Crippen LogP contribution >= 0.6 is 11.8 Å². The quantitative estimate of drug-likeness (QED) is 0.593. The van der Waals surface area contributed by atoms with E-state index in [1.54, 1.807) is 29.0 Å². The molecular formula is C25H25F3N2O3S. The molecule has 5 rings (SSSR count). The largest absolute Gasteiger partial charge is 0.497 e. The van der Waals surface area contributed by atoms with Gasteiger partial charge < -0.3 is 14.5 Å². The summed E-state index contributed by atoms with van der Waals surface area (Å²) >= 11 is 1.45. The minimum absolute atomic E-state index is 0.0148. The second-order valence-corrected chi connectivity index (χ2v) is 10.2. The van der Waals surface area contributed by atoms with E-state index in [1.807, 2.05) is 6.07 Å². The van der Waals surface area contributed by atoms with Gasteiger partial charge >= 0.3 is 6.18 Å². The Balaban J connectivity index is 1.53. The van der Waals surface area contributed by atoms with Gasteiger partial charge in [-0.2, -0.15) is 13.2 Å². The Morgan fingerprint density at radius 3 is 2.50 bits per heavy atom. The predicted molar refractivity (Wildman–Crippen MR) is 123 cm³/mol. The van der Waals surface area contributed by atoms with Crippen LogP contribution in [0.4, 0.5) is 18.9 Å². The standard InChI is InChI=1S/C25H25F3N2O3S/c1-33-19-10-11-21-20(14-19)24(30(12-13-34-24)22(31)17-4-2-3-5-17)23(32)29(21)15-16-6-8-18(9-7-16)25(26,27)28/h6-11,14,17H,2-5,12-13,15H2,1H3. The van der Waals surface area contributed by atoms with Crippen molar-refractivity contribution in [2.45, 2.75) is 43.3 Å². The summed E-state index contributed by atoms with van der Waals surface area (Å²) in [5.74, 6) is 0.935. The number of anilines is 1. The Labute approximate surface area is 200 Å². The molecule has 5 nitrogen and oxygen atoms in total. The molecule has 3 aliphatic rings. The monoisotopic (exact) mass is 490 g/mol. The Hall–Kier alpha value is -2.68. The molecule has 2 aliphatic heterocycles. The molecule has 2 aromatic carbocycles. The van der Waals surface area contributed by atoms with Gasteiger partial charge in [0.25, 0.3) is 5.91 Å². The first kappa shape index (κ1) is 23.1. The molecule has 1 aliphatic carbocycles. The van der Waals surface area contributed by atoms with Crippen molar-refractivity contribution in [2.75, 3.05) is 24.3 Å². The molecule has 9 heteroatoms. The number of hydrogen-bond acceptors (Lipinski definition) is 4. The number of thioether (sulfide) groups is 1. The van der Waals surface area contributed by atoms with Crippen LogP contribution in [0.2, 0.25) is 0 Å². The summed E-state index contributed by atoms with van der Waals surface area (Å²) in [7, 11) is 1.55. The number of hydrogen-bond donors (Lipinski definition) is 0. The van der Waals surface area contributed by atoms with Gasteiger partial charge in [0.1, 0.15) is 5.75 Å². The van der Waals surface area contributed by atoms with Gasteiger partial charge in [0.2, 0.25) is 5.91 Å². The average Bonchev–Trinajstić information content (AvgIpc) is 3.56. The van der Waals surface area contributed by atoms with Gasteiger partial charge in [-0.25, -0.2) is 0 Å². The first-order valence-electron chi connectivity index (χ1n) is 11.4. The van der Waals surface area contributed by atoms with Crippen LogP contribution in [0.15, 0.2) is 42.5 Å². The molecule has 1 saturated heterocycles. The molecule has 2 fully saturated rings. The van der Waals surface area contributed by atoms with Crippen molar-refractivity contribution in [1.82, 2.24) is 4.90 Å². The van der Waals surface area contributed by atoms with Crippen LogP contribution < -0.4 is 9.64 Å². The van der Waals surface area contributed by atoms with E-state index < -0.39 is 16.6 Å². The molecule has 1 spiro atoms. The number of methoxy groups -OCH3 is 1. The third-order valence-corrected chi connectivity index (χ3v) is 8.41. The molecule has 0 N–H and O–H groups in total. The third kappa shape index (κ3) is 3.65. The number of carbonyl (C=O) groups is 2. The summed E-state index contributed by atoms with van der Waals surface area (Å²) in [4.78, 5) is 29.7. The summed E-state index contributed by atoms with van der Waals surface area (Å²) in [6, 6.07) is 10.2. The molecule has 2 heterocycles. The Bertz CT molecular complexity index is 1120. The fraction of sp³-hybridized carbons (Fsp3) is 0.440. The minimum Gasteiger partial charge on any atom is -0.497 e. The smallest absolute Gasteiger partial charge is 0.416 e. The minimum atomic E-state index is -4.42. The molecule has 1 atom stereocenters. The molecule has 1 unspecified atom stereocenters. The lowest BCUT2D eigenvalue weighted by atomic mass is 10.0. The number of benzene rings is 2. The third-order valence-electron chi connectivity index (χ3n) is 6.99. The maximum atomic E-state index is 14.0.